The van der Waals surface area contributed by atoms with Gasteiger partial charge in [0.2, 0.25) is 0 Å². The normalized spacial score (nSPS) is 15.6. The third-order valence-corrected chi connectivity index (χ3v) is 3.83. The number of amides is 1. The van der Waals surface area contributed by atoms with Gasteiger partial charge in [-0.15, -0.1) is 0 Å². The van der Waals surface area contributed by atoms with E-state index in [9.17, 15) is 9.90 Å². The summed E-state index contributed by atoms with van der Waals surface area (Å²) in [6.45, 7) is 1.87. The number of pyridine rings is 1. The third-order valence-electron chi connectivity index (χ3n) is 3.83. The van der Waals surface area contributed by atoms with Crippen LogP contribution in [-0.2, 0) is 0 Å². The Morgan fingerprint density at radius 3 is 2.86 bits per heavy atom. The van der Waals surface area contributed by atoms with Crippen molar-refractivity contribution in [2.24, 2.45) is 0 Å². The van der Waals surface area contributed by atoms with Crippen LogP contribution in [0, 0.1) is 0 Å². The van der Waals surface area contributed by atoms with Crippen molar-refractivity contribution in [2.75, 3.05) is 13.7 Å². The minimum absolute atomic E-state index is 0.191. The van der Waals surface area contributed by atoms with Crippen LogP contribution in [0.4, 0.5) is 0 Å². The van der Waals surface area contributed by atoms with E-state index in [1.807, 2.05) is 24.3 Å². The Hall–Kier alpha value is -2.14. The van der Waals surface area contributed by atoms with Crippen LogP contribution in [-0.4, -0.2) is 35.8 Å². The van der Waals surface area contributed by atoms with Crippen LogP contribution in [0.25, 0.3) is 10.9 Å². The standard InChI is InChI=1S/C17H20N2O3/c1-10(20)9-18-17(21)14-8-16(11-3-4-11)19-15-6-5-12(22-2)7-13(14)15/h5-8,10-11,20H,3-4,9H2,1-2H3,(H,18,21). The summed E-state index contributed by atoms with van der Waals surface area (Å²) in [4.78, 5) is 17.1. The highest BCUT2D eigenvalue weighted by atomic mass is 16.5. The number of carbonyl (C=O) groups excluding carboxylic acids is 1. The molecule has 2 aromatic rings. The second-order valence-electron chi connectivity index (χ2n) is 5.81. The lowest BCUT2D eigenvalue weighted by Gasteiger charge is -2.12. The molecule has 1 saturated carbocycles. The van der Waals surface area contributed by atoms with Crippen LogP contribution in [0.2, 0.25) is 0 Å². The summed E-state index contributed by atoms with van der Waals surface area (Å²) in [6.07, 6.45) is 1.68. The van der Waals surface area contributed by atoms with E-state index in [2.05, 4.69) is 10.3 Å². The lowest BCUT2D eigenvalue weighted by atomic mass is 10.0. The van der Waals surface area contributed by atoms with Gasteiger partial charge in [0.05, 0.1) is 24.3 Å². The number of carbonyl (C=O) groups is 1. The summed E-state index contributed by atoms with van der Waals surface area (Å²) in [5.41, 5.74) is 2.36. The minimum atomic E-state index is -0.575. The van der Waals surface area contributed by atoms with Crippen molar-refractivity contribution in [3.05, 3.63) is 35.5 Å². The van der Waals surface area contributed by atoms with Gasteiger partial charge in [0.1, 0.15) is 5.75 Å². The van der Waals surface area contributed by atoms with Crippen LogP contribution in [0.1, 0.15) is 41.7 Å². The Labute approximate surface area is 129 Å². The summed E-state index contributed by atoms with van der Waals surface area (Å²) in [5, 5.41) is 12.9. The number of nitrogens with one attached hydrogen (secondary N) is 1. The molecule has 2 N–H and O–H groups in total. The quantitative estimate of drug-likeness (QED) is 0.888. The smallest absolute Gasteiger partial charge is 0.252 e. The van der Waals surface area contributed by atoms with Gasteiger partial charge in [-0.25, -0.2) is 0 Å². The first kappa shape index (κ1) is 14.8. The first-order valence-electron chi connectivity index (χ1n) is 7.53. The summed E-state index contributed by atoms with van der Waals surface area (Å²) in [7, 11) is 1.60. The third kappa shape index (κ3) is 3.04. The number of aliphatic hydroxyl groups excluding tert-OH is 1. The lowest BCUT2D eigenvalue weighted by Crippen LogP contribution is -2.30. The van der Waals surface area contributed by atoms with E-state index in [0.717, 1.165) is 29.4 Å². The molecule has 1 atom stereocenters. The van der Waals surface area contributed by atoms with E-state index in [1.165, 1.54) is 0 Å². The number of aliphatic hydroxyl groups is 1. The molecule has 116 valence electrons. The van der Waals surface area contributed by atoms with E-state index in [4.69, 9.17) is 4.74 Å². The van der Waals surface area contributed by atoms with E-state index in [1.54, 1.807) is 14.0 Å². The van der Waals surface area contributed by atoms with Gasteiger partial charge in [0.15, 0.2) is 0 Å². The van der Waals surface area contributed by atoms with Crippen LogP contribution >= 0.6 is 0 Å². The molecular formula is C17H20N2O3. The molecule has 1 aromatic carbocycles. The van der Waals surface area contributed by atoms with Crippen molar-refractivity contribution < 1.29 is 14.6 Å². The average Bonchev–Trinajstić information content (AvgIpc) is 3.35. The summed E-state index contributed by atoms with van der Waals surface area (Å²) >= 11 is 0. The molecule has 0 aliphatic heterocycles. The van der Waals surface area contributed by atoms with E-state index >= 15 is 0 Å². The van der Waals surface area contributed by atoms with Gasteiger partial charge in [-0.1, -0.05) is 0 Å². The molecular weight excluding hydrogens is 280 g/mol. The Balaban J connectivity index is 2.05. The van der Waals surface area contributed by atoms with Crippen molar-refractivity contribution in [2.45, 2.75) is 31.8 Å². The molecule has 0 spiro atoms. The highest BCUT2D eigenvalue weighted by molar-refractivity contribution is 6.06. The lowest BCUT2D eigenvalue weighted by molar-refractivity contribution is 0.0925. The molecule has 0 radical (unpaired) electrons. The van der Waals surface area contributed by atoms with Gasteiger partial charge in [-0.2, -0.15) is 0 Å². The van der Waals surface area contributed by atoms with Crippen LogP contribution < -0.4 is 10.1 Å². The largest absolute Gasteiger partial charge is 0.497 e. The van der Waals surface area contributed by atoms with Gasteiger partial charge in [0, 0.05) is 23.5 Å². The first-order valence-corrected chi connectivity index (χ1v) is 7.53. The van der Waals surface area contributed by atoms with Crippen molar-refractivity contribution in [1.82, 2.24) is 10.3 Å². The summed E-state index contributed by atoms with van der Waals surface area (Å²) < 4.78 is 5.25. The Bertz CT molecular complexity index is 708. The number of nitrogens with zero attached hydrogens (tertiary/aromatic N) is 1. The predicted molar refractivity (Wildman–Crippen MR) is 84.3 cm³/mol. The maximum absolute atomic E-state index is 12.5. The second-order valence-corrected chi connectivity index (χ2v) is 5.81. The monoisotopic (exact) mass is 300 g/mol. The minimum Gasteiger partial charge on any atom is -0.497 e. The first-order chi connectivity index (χ1) is 10.6. The maximum atomic E-state index is 12.5. The van der Waals surface area contributed by atoms with Gasteiger partial charge in [-0.05, 0) is 44.0 Å². The number of ether oxygens (including phenoxy) is 1. The number of hydrogen-bond acceptors (Lipinski definition) is 4. The van der Waals surface area contributed by atoms with Crippen molar-refractivity contribution >= 4 is 16.8 Å². The number of methoxy groups -OCH3 is 1. The highest BCUT2D eigenvalue weighted by Gasteiger charge is 2.27. The molecule has 3 rings (SSSR count). The molecule has 1 unspecified atom stereocenters. The van der Waals surface area contributed by atoms with Gasteiger partial charge in [-0.3, -0.25) is 9.78 Å². The van der Waals surface area contributed by atoms with Gasteiger partial charge in [0.25, 0.3) is 5.91 Å². The highest BCUT2D eigenvalue weighted by Crippen LogP contribution is 2.40. The molecule has 0 saturated heterocycles. The van der Waals surface area contributed by atoms with Crippen LogP contribution in [0.5, 0.6) is 5.75 Å². The van der Waals surface area contributed by atoms with Gasteiger partial charge >= 0.3 is 0 Å². The number of rotatable bonds is 5. The number of aromatic nitrogens is 1. The van der Waals surface area contributed by atoms with Crippen LogP contribution in [0.3, 0.4) is 0 Å². The summed E-state index contributed by atoms with van der Waals surface area (Å²) in [6, 6.07) is 7.43. The van der Waals surface area contributed by atoms with Crippen molar-refractivity contribution in [1.29, 1.82) is 0 Å². The zero-order valence-electron chi connectivity index (χ0n) is 12.8. The van der Waals surface area contributed by atoms with Crippen LogP contribution in [0.15, 0.2) is 24.3 Å². The van der Waals surface area contributed by atoms with Crippen molar-refractivity contribution in [3.63, 3.8) is 0 Å². The predicted octanol–water partition coefficient (Wildman–Crippen LogP) is 2.23. The van der Waals surface area contributed by atoms with Crippen molar-refractivity contribution in [3.8, 4) is 5.75 Å². The molecule has 1 aliphatic rings. The fraction of sp³-hybridized carbons (Fsp3) is 0.412. The molecule has 22 heavy (non-hydrogen) atoms. The van der Waals surface area contributed by atoms with E-state index < -0.39 is 6.10 Å². The molecule has 1 amide bonds. The number of fused-ring (bicyclic) bond motifs is 1. The summed E-state index contributed by atoms with van der Waals surface area (Å²) in [5.74, 6) is 0.969. The fourth-order valence-corrected chi connectivity index (χ4v) is 2.46. The molecule has 1 aliphatic carbocycles. The van der Waals surface area contributed by atoms with Gasteiger partial charge < -0.3 is 15.2 Å². The molecule has 0 bridgehead atoms. The molecule has 1 fully saturated rings. The Morgan fingerprint density at radius 1 is 1.45 bits per heavy atom. The topological polar surface area (TPSA) is 71.5 Å². The molecule has 1 heterocycles. The molecule has 1 aromatic heterocycles. The maximum Gasteiger partial charge on any atom is 0.252 e. The van der Waals surface area contributed by atoms with E-state index in [0.29, 0.717) is 17.2 Å². The number of hydrogen-bond donors (Lipinski definition) is 2. The molecule has 5 nitrogen and oxygen atoms in total. The zero-order chi connectivity index (χ0) is 15.7. The Kier molecular flexibility index (Phi) is 3.98. The molecule has 5 heteroatoms. The SMILES string of the molecule is COc1ccc2nc(C3CC3)cc(C(=O)NCC(C)O)c2c1. The Morgan fingerprint density at radius 2 is 2.23 bits per heavy atom. The second kappa shape index (κ2) is 5.93. The number of benzene rings is 1. The average molecular weight is 300 g/mol. The van der Waals surface area contributed by atoms with E-state index in [-0.39, 0.29) is 12.5 Å². The fourth-order valence-electron chi connectivity index (χ4n) is 2.46. The zero-order valence-corrected chi connectivity index (χ0v) is 12.8.